The Bertz CT molecular complexity index is 561. The molecule has 18 heavy (non-hydrogen) atoms. The van der Waals surface area contributed by atoms with Gasteiger partial charge in [0.2, 0.25) is 0 Å². The minimum Gasteiger partial charge on any atom is -0.348 e. The highest BCUT2D eigenvalue weighted by atomic mass is 35.5. The van der Waals surface area contributed by atoms with Gasteiger partial charge in [0.25, 0.3) is 5.91 Å². The van der Waals surface area contributed by atoms with E-state index in [1.807, 2.05) is 12.1 Å². The molecule has 0 fully saturated rings. The Labute approximate surface area is 114 Å². The summed E-state index contributed by atoms with van der Waals surface area (Å²) in [5.41, 5.74) is 1.26. The van der Waals surface area contributed by atoms with Gasteiger partial charge < -0.3 is 5.32 Å². The lowest BCUT2D eigenvalue weighted by Crippen LogP contribution is -2.23. The number of halogens is 2. The van der Waals surface area contributed by atoms with E-state index in [-0.39, 0.29) is 16.1 Å². The third kappa shape index (κ3) is 3.18. The number of rotatable bonds is 3. The number of aromatic nitrogens is 2. The number of amides is 1. The van der Waals surface area contributed by atoms with Crippen LogP contribution in [0.4, 0.5) is 0 Å². The van der Waals surface area contributed by atoms with Crippen molar-refractivity contribution < 1.29 is 4.79 Å². The van der Waals surface area contributed by atoms with Crippen molar-refractivity contribution in [1.82, 2.24) is 15.3 Å². The van der Waals surface area contributed by atoms with Crippen molar-refractivity contribution in [2.24, 2.45) is 0 Å². The first kappa shape index (κ1) is 12.8. The fraction of sp³-hybridized carbons (Fsp3) is 0.0833. The normalized spacial score (nSPS) is 10.1. The summed E-state index contributed by atoms with van der Waals surface area (Å²) in [6.07, 6.45) is 4.68. The lowest BCUT2D eigenvalue weighted by atomic mass is 10.2. The van der Waals surface area contributed by atoms with Gasteiger partial charge in [-0.05, 0) is 23.8 Å². The Balaban J connectivity index is 2.06. The molecule has 2 aromatic rings. The van der Waals surface area contributed by atoms with E-state index < -0.39 is 0 Å². The molecule has 92 valence electrons. The van der Waals surface area contributed by atoms with Gasteiger partial charge in [-0.15, -0.1) is 0 Å². The zero-order valence-corrected chi connectivity index (χ0v) is 10.7. The summed E-state index contributed by atoms with van der Waals surface area (Å²) in [5, 5.41) is 3.25. The number of hydrogen-bond acceptors (Lipinski definition) is 3. The van der Waals surface area contributed by atoms with Crippen LogP contribution in [0, 0.1) is 0 Å². The van der Waals surface area contributed by atoms with Crippen molar-refractivity contribution in [3.63, 3.8) is 0 Å². The molecule has 2 rings (SSSR count). The molecule has 6 heteroatoms. The first-order chi connectivity index (χ1) is 8.66. The molecule has 0 aromatic carbocycles. The van der Waals surface area contributed by atoms with E-state index in [0.717, 1.165) is 5.56 Å². The summed E-state index contributed by atoms with van der Waals surface area (Å²) in [4.78, 5) is 19.6. The topological polar surface area (TPSA) is 54.9 Å². The van der Waals surface area contributed by atoms with Crippen LogP contribution in [0.5, 0.6) is 0 Å². The fourth-order valence-corrected chi connectivity index (χ4v) is 1.71. The predicted molar refractivity (Wildman–Crippen MR) is 69.7 cm³/mol. The largest absolute Gasteiger partial charge is 0.348 e. The molecule has 0 radical (unpaired) electrons. The molecule has 0 aliphatic heterocycles. The Hall–Kier alpha value is -1.65. The van der Waals surface area contributed by atoms with E-state index in [2.05, 4.69) is 15.3 Å². The third-order valence-corrected chi connectivity index (χ3v) is 2.78. The molecule has 0 atom stereocenters. The van der Waals surface area contributed by atoms with Gasteiger partial charge in [0.15, 0.2) is 0 Å². The number of carbonyl (C=O) groups excluding carboxylic acids is 1. The van der Waals surface area contributed by atoms with E-state index in [9.17, 15) is 4.79 Å². The molecule has 0 saturated heterocycles. The molecule has 0 aliphatic rings. The second-order valence-corrected chi connectivity index (χ2v) is 4.32. The number of nitrogens with one attached hydrogen (secondary N) is 1. The second kappa shape index (κ2) is 5.80. The lowest BCUT2D eigenvalue weighted by molar-refractivity contribution is 0.0951. The highest BCUT2D eigenvalue weighted by molar-refractivity contribution is 6.35. The molecular weight excluding hydrogens is 273 g/mol. The first-order valence-electron chi connectivity index (χ1n) is 5.15. The predicted octanol–water partition coefficient (Wildman–Crippen LogP) is 2.71. The minimum atomic E-state index is -0.291. The van der Waals surface area contributed by atoms with Crippen LogP contribution in [0.3, 0.4) is 0 Å². The van der Waals surface area contributed by atoms with Crippen LogP contribution in [0.25, 0.3) is 0 Å². The smallest absolute Gasteiger partial charge is 0.253 e. The average Bonchev–Trinajstić information content (AvgIpc) is 2.40. The monoisotopic (exact) mass is 281 g/mol. The Morgan fingerprint density at radius 2 is 2.00 bits per heavy atom. The summed E-state index contributed by atoms with van der Waals surface area (Å²) >= 11 is 11.6. The Morgan fingerprint density at radius 3 is 2.72 bits per heavy atom. The van der Waals surface area contributed by atoms with Gasteiger partial charge >= 0.3 is 0 Å². The van der Waals surface area contributed by atoms with Crippen molar-refractivity contribution in [1.29, 1.82) is 0 Å². The van der Waals surface area contributed by atoms with Gasteiger partial charge in [0.1, 0.15) is 5.15 Å². The zero-order valence-electron chi connectivity index (χ0n) is 9.23. The van der Waals surface area contributed by atoms with Crippen molar-refractivity contribution in [3.8, 4) is 0 Å². The Kier molecular flexibility index (Phi) is 4.12. The molecular formula is C12H9Cl2N3O. The summed E-state index contributed by atoms with van der Waals surface area (Å²) in [6, 6.07) is 5.08. The van der Waals surface area contributed by atoms with Crippen molar-refractivity contribution in [2.75, 3.05) is 0 Å². The van der Waals surface area contributed by atoms with Crippen LogP contribution in [0.1, 0.15) is 15.9 Å². The number of carbonyl (C=O) groups is 1. The summed E-state index contributed by atoms with van der Waals surface area (Å²) < 4.78 is 0. The molecule has 0 unspecified atom stereocenters. The standard InChI is InChI=1S/C12H9Cl2N3O/c13-10-7-16-11(14)5-9(10)12(18)17-6-8-1-3-15-4-2-8/h1-5,7H,6H2,(H,17,18). The maximum absolute atomic E-state index is 11.9. The quantitative estimate of drug-likeness (QED) is 0.881. The molecule has 2 heterocycles. The zero-order chi connectivity index (χ0) is 13.0. The van der Waals surface area contributed by atoms with Gasteiger partial charge in [0.05, 0.1) is 10.6 Å². The van der Waals surface area contributed by atoms with E-state index >= 15 is 0 Å². The Morgan fingerprint density at radius 1 is 1.28 bits per heavy atom. The maximum Gasteiger partial charge on any atom is 0.253 e. The highest BCUT2D eigenvalue weighted by Gasteiger charge is 2.11. The molecule has 4 nitrogen and oxygen atoms in total. The highest BCUT2D eigenvalue weighted by Crippen LogP contribution is 2.17. The molecule has 0 aliphatic carbocycles. The second-order valence-electron chi connectivity index (χ2n) is 3.53. The third-order valence-electron chi connectivity index (χ3n) is 2.27. The van der Waals surface area contributed by atoms with Gasteiger partial charge in [-0.25, -0.2) is 4.98 Å². The van der Waals surface area contributed by atoms with Crippen LogP contribution >= 0.6 is 23.2 Å². The van der Waals surface area contributed by atoms with Gasteiger partial charge in [-0.2, -0.15) is 0 Å². The maximum atomic E-state index is 11.9. The summed E-state index contributed by atoms with van der Waals surface area (Å²) in [7, 11) is 0. The average molecular weight is 282 g/mol. The molecule has 0 bridgehead atoms. The van der Waals surface area contributed by atoms with E-state index in [4.69, 9.17) is 23.2 Å². The van der Waals surface area contributed by atoms with Crippen LogP contribution < -0.4 is 5.32 Å². The van der Waals surface area contributed by atoms with Crippen LogP contribution in [0.2, 0.25) is 10.2 Å². The molecule has 2 aromatic heterocycles. The minimum absolute atomic E-state index is 0.230. The van der Waals surface area contributed by atoms with Crippen molar-refractivity contribution in [2.45, 2.75) is 6.54 Å². The number of hydrogen-bond donors (Lipinski definition) is 1. The molecule has 0 spiro atoms. The first-order valence-corrected chi connectivity index (χ1v) is 5.90. The fourth-order valence-electron chi connectivity index (χ4n) is 1.37. The van der Waals surface area contributed by atoms with Gasteiger partial charge in [-0.1, -0.05) is 23.2 Å². The van der Waals surface area contributed by atoms with Gasteiger partial charge in [-0.3, -0.25) is 9.78 Å². The van der Waals surface area contributed by atoms with E-state index in [1.54, 1.807) is 12.4 Å². The summed E-state index contributed by atoms with van der Waals surface area (Å²) in [5.74, 6) is -0.291. The van der Waals surface area contributed by atoms with Crippen molar-refractivity contribution in [3.05, 3.63) is 58.1 Å². The number of nitrogens with zero attached hydrogens (tertiary/aromatic N) is 2. The van der Waals surface area contributed by atoms with E-state index in [1.165, 1.54) is 12.3 Å². The molecule has 0 saturated carbocycles. The van der Waals surface area contributed by atoms with Gasteiger partial charge in [0, 0.05) is 25.1 Å². The SMILES string of the molecule is O=C(NCc1ccncc1)c1cc(Cl)ncc1Cl. The molecule has 1 N–H and O–H groups in total. The van der Waals surface area contributed by atoms with Crippen LogP contribution in [-0.4, -0.2) is 15.9 Å². The van der Waals surface area contributed by atoms with E-state index in [0.29, 0.717) is 12.1 Å². The van der Waals surface area contributed by atoms with Crippen LogP contribution in [-0.2, 0) is 6.54 Å². The number of pyridine rings is 2. The van der Waals surface area contributed by atoms with Crippen LogP contribution in [0.15, 0.2) is 36.8 Å². The molecule has 1 amide bonds. The van der Waals surface area contributed by atoms with Crippen molar-refractivity contribution >= 4 is 29.1 Å². The lowest BCUT2D eigenvalue weighted by Gasteiger charge is -2.06. The summed E-state index contributed by atoms with van der Waals surface area (Å²) in [6.45, 7) is 0.400.